The van der Waals surface area contributed by atoms with E-state index in [9.17, 15) is 9.90 Å². The van der Waals surface area contributed by atoms with E-state index in [4.69, 9.17) is 4.74 Å². The second-order valence-electron chi connectivity index (χ2n) is 3.72. The van der Waals surface area contributed by atoms with Gasteiger partial charge in [-0.25, -0.2) is 0 Å². The maximum atomic E-state index is 11.0. The van der Waals surface area contributed by atoms with Crippen LogP contribution in [0.5, 0.6) is 5.75 Å². The number of anilines is 1. The van der Waals surface area contributed by atoms with Crippen LogP contribution in [0.3, 0.4) is 0 Å². The number of nitrogens with one attached hydrogen (secondary N) is 1. The summed E-state index contributed by atoms with van der Waals surface area (Å²) in [6.07, 6.45) is -0.0385. The molecule has 1 amide bonds. The summed E-state index contributed by atoms with van der Waals surface area (Å²) >= 11 is 0. The molecule has 0 spiro atoms. The Morgan fingerprint density at radius 1 is 1.56 bits per heavy atom. The SMILES string of the molecule is COc1cccc(NC(C)=O)c1CC(C)O. The first kappa shape index (κ1) is 12.5. The normalized spacial score (nSPS) is 12.0. The molecule has 88 valence electrons. The van der Waals surface area contributed by atoms with E-state index < -0.39 is 6.10 Å². The Balaban J connectivity index is 3.09. The summed E-state index contributed by atoms with van der Waals surface area (Å²) in [5.41, 5.74) is 1.50. The van der Waals surface area contributed by atoms with Gasteiger partial charge in [-0.15, -0.1) is 0 Å². The van der Waals surface area contributed by atoms with Crippen LogP contribution < -0.4 is 10.1 Å². The first-order valence-electron chi connectivity index (χ1n) is 5.16. The van der Waals surface area contributed by atoms with Crippen LogP contribution in [0.2, 0.25) is 0 Å². The van der Waals surface area contributed by atoms with Crippen LogP contribution in [0, 0.1) is 0 Å². The van der Waals surface area contributed by atoms with Crippen molar-refractivity contribution in [3.63, 3.8) is 0 Å². The maximum Gasteiger partial charge on any atom is 0.221 e. The number of aliphatic hydroxyl groups is 1. The minimum Gasteiger partial charge on any atom is -0.496 e. The molecule has 1 rings (SSSR count). The molecule has 0 aromatic heterocycles. The summed E-state index contributed by atoms with van der Waals surface area (Å²) in [5, 5.41) is 12.1. The smallest absolute Gasteiger partial charge is 0.221 e. The first-order chi connectivity index (χ1) is 7.54. The largest absolute Gasteiger partial charge is 0.496 e. The van der Waals surface area contributed by atoms with Gasteiger partial charge in [0.25, 0.3) is 0 Å². The van der Waals surface area contributed by atoms with Crippen molar-refractivity contribution >= 4 is 11.6 Å². The van der Waals surface area contributed by atoms with E-state index >= 15 is 0 Å². The maximum absolute atomic E-state index is 11.0. The van der Waals surface area contributed by atoms with Crippen molar-refractivity contribution in [3.05, 3.63) is 23.8 Å². The molecule has 1 aromatic rings. The molecule has 0 fully saturated rings. The van der Waals surface area contributed by atoms with Gasteiger partial charge in [0, 0.05) is 24.6 Å². The van der Waals surface area contributed by atoms with Gasteiger partial charge in [0.15, 0.2) is 0 Å². The first-order valence-corrected chi connectivity index (χ1v) is 5.16. The van der Waals surface area contributed by atoms with Gasteiger partial charge in [-0.3, -0.25) is 4.79 Å². The van der Waals surface area contributed by atoms with Crippen LogP contribution in [0.1, 0.15) is 19.4 Å². The van der Waals surface area contributed by atoms with E-state index in [1.54, 1.807) is 26.2 Å². The topological polar surface area (TPSA) is 58.6 Å². The number of hydrogen-bond acceptors (Lipinski definition) is 3. The monoisotopic (exact) mass is 223 g/mol. The zero-order valence-electron chi connectivity index (χ0n) is 9.78. The average Bonchev–Trinajstić information content (AvgIpc) is 2.19. The second kappa shape index (κ2) is 5.51. The molecule has 0 heterocycles. The number of carbonyl (C=O) groups excluding carboxylic acids is 1. The Morgan fingerprint density at radius 3 is 2.75 bits per heavy atom. The quantitative estimate of drug-likeness (QED) is 0.814. The number of amides is 1. The fourth-order valence-corrected chi connectivity index (χ4v) is 1.57. The molecule has 1 unspecified atom stereocenters. The van der Waals surface area contributed by atoms with Crippen molar-refractivity contribution in [2.24, 2.45) is 0 Å². The molecule has 0 radical (unpaired) electrons. The van der Waals surface area contributed by atoms with Crippen LogP contribution in [0.4, 0.5) is 5.69 Å². The van der Waals surface area contributed by atoms with Crippen LogP contribution in [0.15, 0.2) is 18.2 Å². The lowest BCUT2D eigenvalue weighted by atomic mass is 10.0. The van der Waals surface area contributed by atoms with E-state index in [0.29, 0.717) is 17.9 Å². The Kier molecular flexibility index (Phi) is 4.31. The molecular formula is C12H17NO3. The van der Waals surface area contributed by atoms with Crippen LogP contribution in [-0.4, -0.2) is 24.2 Å². The molecular weight excluding hydrogens is 206 g/mol. The van der Waals surface area contributed by atoms with Crippen molar-refractivity contribution in [1.82, 2.24) is 0 Å². The summed E-state index contributed by atoms with van der Waals surface area (Å²) in [5.74, 6) is 0.534. The minimum absolute atomic E-state index is 0.139. The Labute approximate surface area is 95.2 Å². The fraction of sp³-hybridized carbons (Fsp3) is 0.417. The lowest BCUT2D eigenvalue weighted by Crippen LogP contribution is -2.12. The molecule has 0 aliphatic rings. The van der Waals surface area contributed by atoms with E-state index in [-0.39, 0.29) is 5.91 Å². The summed E-state index contributed by atoms with van der Waals surface area (Å²) in [6, 6.07) is 5.40. The minimum atomic E-state index is -0.483. The van der Waals surface area contributed by atoms with Crippen molar-refractivity contribution in [1.29, 1.82) is 0 Å². The number of ether oxygens (including phenoxy) is 1. The van der Waals surface area contributed by atoms with E-state index in [2.05, 4.69) is 5.32 Å². The highest BCUT2D eigenvalue weighted by atomic mass is 16.5. The molecule has 4 nitrogen and oxygen atoms in total. The zero-order valence-corrected chi connectivity index (χ0v) is 9.78. The van der Waals surface area contributed by atoms with Crippen LogP contribution in [-0.2, 0) is 11.2 Å². The van der Waals surface area contributed by atoms with E-state index in [1.807, 2.05) is 6.07 Å². The van der Waals surface area contributed by atoms with Crippen LogP contribution in [0.25, 0.3) is 0 Å². The molecule has 2 N–H and O–H groups in total. The molecule has 4 heteroatoms. The van der Waals surface area contributed by atoms with Gasteiger partial charge < -0.3 is 15.2 Å². The summed E-state index contributed by atoms with van der Waals surface area (Å²) in [4.78, 5) is 11.0. The highest BCUT2D eigenvalue weighted by Crippen LogP contribution is 2.27. The number of aliphatic hydroxyl groups excluding tert-OH is 1. The van der Waals surface area contributed by atoms with Gasteiger partial charge in [0.05, 0.1) is 13.2 Å². The van der Waals surface area contributed by atoms with Gasteiger partial charge in [-0.2, -0.15) is 0 Å². The Hall–Kier alpha value is -1.55. The second-order valence-corrected chi connectivity index (χ2v) is 3.72. The third-order valence-corrected chi connectivity index (χ3v) is 2.16. The van der Waals surface area contributed by atoms with E-state index in [1.165, 1.54) is 6.92 Å². The average molecular weight is 223 g/mol. The Morgan fingerprint density at radius 2 is 2.25 bits per heavy atom. The molecule has 0 bridgehead atoms. The molecule has 0 saturated carbocycles. The summed E-state index contributed by atoms with van der Waals surface area (Å²) < 4.78 is 5.21. The van der Waals surface area contributed by atoms with Crippen molar-refractivity contribution < 1.29 is 14.6 Å². The molecule has 0 saturated heterocycles. The number of carbonyl (C=O) groups is 1. The Bertz CT molecular complexity index is 375. The highest BCUT2D eigenvalue weighted by Gasteiger charge is 2.12. The molecule has 1 aromatic carbocycles. The zero-order chi connectivity index (χ0) is 12.1. The number of rotatable bonds is 4. The van der Waals surface area contributed by atoms with Crippen LogP contribution >= 0.6 is 0 Å². The number of hydrogen-bond donors (Lipinski definition) is 2. The molecule has 16 heavy (non-hydrogen) atoms. The third kappa shape index (κ3) is 3.24. The van der Waals surface area contributed by atoms with Gasteiger partial charge in [0.1, 0.15) is 5.75 Å². The molecule has 0 aliphatic carbocycles. The van der Waals surface area contributed by atoms with Gasteiger partial charge >= 0.3 is 0 Å². The van der Waals surface area contributed by atoms with Crippen molar-refractivity contribution in [2.45, 2.75) is 26.4 Å². The summed E-state index contributed by atoms with van der Waals surface area (Å²) in [7, 11) is 1.57. The van der Waals surface area contributed by atoms with Gasteiger partial charge in [0.2, 0.25) is 5.91 Å². The lowest BCUT2D eigenvalue weighted by molar-refractivity contribution is -0.114. The lowest BCUT2D eigenvalue weighted by Gasteiger charge is -2.15. The molecule has 0 aliphatic heterocycles. The van der Waals surface area contributed by atoms with Gasteiger partial charge in [-0.1, -0.05) is 6.07 Å². The van der Waals surface area contributed by atoms with Gasteiger partial charge in [-0.05, 0) is 19.1 Å². The highest BCUT2D eigenvalue weighted by molar-refractivity contribution is 5.90. The number of methoxy groups -OCH3 is 1. The predicted octanol–water partition coefficient (Wildman–Crippen LogP) is 1.58. The van der Waals surface area contributed by atoms with Crippen molar-refractivity contribution in [2.75, 3.05) is 12.4 Å². The fourth-order valence-electron chi connectivity index (χ4n) is 1.57. The third-order valence-electron chi connectivity index (χ3n) is 2.16. The van der Waals surface area contributed by atoms with E-state index in [0.717, 1.165) is 5.56 Å². The standard InChI is InChI=1S/C12H17NO3/c1-8(14)7-10-11(13-9(2)15)5-4-6-12(10)16-3/h4-6,8,14H,7H2,1-3H3,(H,13,15). The van der Waals surface area contributed by atoms with Crippen molar-refractivity contribution in [3.8, 4) is 5.75 Å². The predicted molar refractivity (Wildman–Crippen MR) is 62.7 cm³/mol. The summed E-state index contributed by atoms with van der Waals surface area (Å²) in [6.45, 7) is 3.15. The number of benzene rings is 1. The molecule has 1 atom stereocenters.